The molecule has 0 atom stereocenters. The van der Waals surface area contributed by atoms with E-state index in [2.05, 4.69) is 27.7 Å². The van der Waals surface area contributed by atoms with Crippen LogP contribution in [0, 0.1) is 11.8 Å². The first-order valence-electron chi connectivity index (χ1n) is 10.2. The van der Waals surface area contributed by atoms with Crippen molar-refractivity contribution in [2.75, 3.05) is 6.61 Å². The van der Waals surface area contributed by atoms with Crippen molar-refractivity contribution in [2.24, 2.45) is 11.8 Å². The fourth-order valence-electron chi connectivity index (χ4n) is 2.73. The molecule has 0 aromatic heterocycles. The zero-order chi connectivity index (χ0) is 17.3. The topological polar surface area (TPSA) is 26.3 Å². The van der Waals surface area contributed by atoms with E-state index in [1.54, 1.807) is 0 Å². The third-order valence-corrected chi connectivity index (χ3v) is 4.36. The highest BCUT2D eigenvalue weighted by atomic mass is 16.5. The largest absolute Gasteiger partial charge is 0.466 e. The number of unbranched alkanes of at least 4 members (excludes halogenated alkanes) is 9. The van der Waals surface area contributed by atoms with Crippen LogP contribution in [-0.2, 0) is 9.53 Å². The smallest absolute Gasteiger partial charge is 0.305 e. The average molecular weight is 327 g/mol. The molecule has 0 unspecified atom stereocenters. The quantitative estimate of drug-likeness (QED) is 0.227. The fraction of sp³-hybridized carbons (Fsp3) is 0.952. The predicted molar refractivity (Wildman–Crippen MR) is 101 cm³/mol. The molecule has 2 heteroatoms. The highest BCUT2D eigenvalue weighted by molar-refractivity contribution is 5.69. The van der Waals surface area contributed by atoms with Gasteiger partial charge in [0, 0.05) is 6.42 Å². The van der Waals surface area contributed by atoms with E-state index < -0.39 is 0 Å². The Balaban J connectivity index is 3.12. The van der Waals surface area contributed by atoms with Crippen LogP contribution >= 0.6 is 0 Å². The van der Waals surface area contributed by atoms with Crippen LogP contribution < -0.4 is 0 Å². The molecule has 0 radical (unpaired) electrons. The van der Waals surface area contributed by atoms with Crippen LogP contribution in [0.5, 0.6) is 0 Å². The number of carbonyl (C=O) groups is 1. The Morgan fingerprint density at radius 2 is 1.09 bits per heavy atom. The van der Waals surface area contributed by atoms with Crippen LogP contribution in [0.15, 0.2) is 0 Å². The molecule has 0 bridgehead atoms. The van der Waals surface area contributed by atoms with Gasteiger partial charge in [-0.15, -0.1) is 0 Å². The van der Waals surface area contributed by atoms with E-state index in [1.165, 1.54) is 64.2 Å². The van der Waals surface area contributed by atoms with Gasteiger partial charge in [-0.2, -0.15) is 0 Å². The zero-order valence-electron chi connectivity index (χ0n) is 16.4. The summed E-state index contributed by atoms with van der Waals surface area (Å²) < 4.78 is 5.25. The van der Waals surface area contributed by atoms with Gasteiger partial charge in [0.05, 0.1) is 6.61 Å². The number of hydrogen-bond donors (Lipinski definition) is 0. The maximum absolute atomic E-state index is 11.4. The molecule has 0 saturated heterocycles. The molecule has 0 amide bonds. The highest BCUT2D eigenvalue weighted by Crippen LogP contribution is 2.13. The van der Waals surface area contributed by atoms with Crippen molar-refractivity contribution in [1.82, 2.24) is 0 Å². The Hall–Kier alpha value is -0.530. The molecule has 138 valence electrons. The molecule has 0 saturated carbocycles. The van der Waals surface area contributed by atoms with Gasteiger partial charge in [-0.1, -0.05) is 91.9 Å². The minimum absolute atomic E-state index is 0.0174. The van der Waals surface area contributed by atoms with Crippen LogP contribution in [-0.4, -0.2) is 12.6 Å². The van der Waals surface area contributed by atoms with Gasteiger partial charge in [0.25, 0.3) is 0 Å². The van der Waals surface area contributed by atoms with Crippen LogP contribution in [0.2, 0.25) is 0 Å². The van der Waals surface area contributed by atoms with Crippen LogP contribution in [0.4, 0.5) is 0 Å². The van der Waals surface area contributed by atoms with Crippen molar-refractivity contribution in [1.29, 1.82) is 0 Å². The van der Waals surface area contributed by atoms with Crippen molar-refractivity contribution < 1.29 is 9.53 Å². The first-order valence-corrected chi connectivity index (χ1v) is 10.2. The normalized spacial score (nSPS) is 11.4. The highest BCUT2D eigenvalue weighted by Gasteiger charge is 2.04. The number of rotatable bonds is 16. The lowest BCUT2D eigenvalue weighted by Gasteiger charge is -2.06. The van der Waals surface area contributed by atoms with E-state index in [4.69, 9.17) is 4.74 Å². The third-order valence-electron chi connectivity index (χ3n) is 4.36. The van der Waals surface area contributed by atoms with Crippen molar-refractivity contribution in [3.8, 4) is 0 Å². The fourth-order valence-corrected chi connectivity index (χ4v) is 2.73. The van der Waals surface area contributed by atoms with Gasteiger partial charge < -0.3 is 4.74 Å². The lowest BCUT2D eigenvalue weighted by molar-refractivity contribution is -0.144. The molecule has 0 heterocycles. The molecule has 0 fully saturated rings. The lowest BCUT2D eigenvalue weighted by atomic mass is 10.0. The van der Waals surface area contributed by atoms with Crippen LogP contribution in [0.25, 0.3) is 0 Å². The van der Waals surface area contributed by atoms with Gasteiger partial charge in [0.15, 0.2) is 0 Å². The van der Waals surface area contributed by atoms with E-state index in [1.807, 2.05) is 0 Å². The average Bonchev–Trinajstić information content (AvgIpc) is 2.49. The summed E-state index contributed by atoms with van der Waals surface area (Å²) in [6.07, 6.45) is 16.2. The Bertz CT molecular complexity index is 259. The number of ether oxygens (including phenoxy) is 1. The van der Waals surface area contributed by atoms with Crippen molar-refractivity contribution in [3.05, 3.63) is 0 Å². The second-order valence-corrected chi connectivity index (χ2v) is 7.87. The monoisotopic (exact) mass is 326 g/mol. The molecule has 0 aromatic rings. The summed E-state index contributed by atoms with van der Waals surface area (Å²) >= 11 is 0. The maximum atomic E-state index is 11.4. The van der Waals surface area contributed by atoms with Gasteiger partial charge in [-0.3, -0.25) is 4.79 Å². The number of esters is 1. The third kappa shape index (κ3) is 19.4. The number of carbonyl (C=O) groups excluding carboxylic acids is 1. The maximum Gasteiger partial charge on any atom is 0.305 e. The molecule has 0 aliphatic heterocycles. The summed E-state index contributed by atoms with van der Waals surface area (Å²) in [6.45, 7) is 9.52. The molecule has 23 heavy (non-hydrogen) atoms. The second kappa shape index (κ2) is 16.3. The molecule has 0 aromatic carbocycles. The van der Waals surface area contributed by atoms with E-state index in [-0.39, 0.29) is 5.97 Å². The Kier molecular flexibility index (Phi) is 16.0. The minimum Gasteiger partial charge on any atom is -0.466 e. The summed E-state index contributed by atoms with van der Waals surface area (Å²) in [5.41, 5.74) is 0. The summed E-state index contributed by atoms with van der Waals surface area (Å²) in [7, 11) is 0. The van der Waals surface area contributed by atoms with E-state index >= 15 is 0 Å². The molecule has 0 rings (SSSR count). The molecule has 0 aliphatic rings. The van der Waals surface area contributed by atoms with E-state index in [0.717, 1.165) is 18.8 Å². The summed E-state index contributed by atoms with van der Waals surface area (Å²) in [4.78, 5) is 11.4. The summed E-state index contributed by atoms with van der Waals surface area (Å²) in [5, 5.41) is 0. The first kappa shape index (κ1) is 22.5. The minimum atomic E-state index is -0.0174. The van der Waals surface area contributed by atoms with Gasteiger partial charge in [0.1, 0.15) is 0 Å². The van der Waals surface area contributed by atoms with Gasteiger partial charge >= 0.3 is 5.97 Å². The van der Waals surface area contributed by atoms with Crippen molar-refractivity contribution >= 4 is 5.97 Å². The predicted octanol–water partition coefficient (Wildman–Crippen LogP) is 6.91. The van der Waals surface area contributed by atoms with Gasteiger partial charge in [-0.05, 0) is 24.7 Å². The Labute approximate surface area is 145 Å². The molecule has 2 nitrogen and oxygen atoms in total. The van der Waals surface area contributed by atoms with Gasteiger partial charge in [0.2, 0.25) is 0 Å². The van der Waals surface area contributed by atoms with Crippen molar-refractivity contribution in [2.45, 2.75) is 111 Å². The zero-order valence-corrected chi connectivity index (χ0v) is 16.4. The lowest BCUT2D eigenvalue weighted by Crippen LogP contribution is -2.06. The molecule has 0 spiro atoms. The molecule has 0 N–H and O–H groups in total. The molecular formula is C21H42O2. The SMILES string of the molecule is CC(C)CCCCCCCCCCCCOC(=O)CCC(C)C. The number of hydrogen-bond acceptors (Lipinski definition) is 2. The van der Waals surface area contributed by atoms with Crippen molar-refractivity contribution in [3.63, 3.8) is 0 Å². The second-order valence-electron chi connectivity index (χ2n) is 7.87. The standard InChI is InChI=1S/C21H42O2/c1-19(2)15-13-11-9-7-5-6-8-10-12-14-18-23-21(22)17-16-20(3)4/h19-20H,5-18H2,1-4H3. The van der Waals surface area contributed by atoms with Gasteiger partial charge in [-0.25, -0.2) is 0 Å². The first-order chi connectivity index (χ1) is 11.0. The summed E-state index contributed by atoms with van der Waals surface area (Å²) in [6, 6.07) is 0. The van der Waals surface area contributed by atoms with E-state index in [9.17, 15) is 4.79 Å². The van der Waals surface area contributed by atoms with Crippen LogP contribution in [0.3, 0.4) is 0 Å². The van der Waals surface area contributed by atoms with Crippen LogP contribution in [0.1, 0.15) is 111 Å². The summed E-state index contributed by atoms with van der Waals surface area (Å²) in [5.74, 6) is 1.43. The Morgan fingerprint density at radius 3 is 1.57 bits per heavy atom. The Morgan fingerprint density at radius 1 is 0.652 bits per heavy atom. The van der Waals surface area contributed by atoms with E-state index in [0.29, 0.717) is 18.9 Å². The molecule has 0 aliphatic carbocycles. The molecular weight excluding hydrogens is 284 g/mol.